The van der Waals surface area contributed by atoms with Gasteiger partial charge in [0.25, 0.3) is 0 Å². The Morgan fingerprint density at radius 2 is 1.29 bits per heavy atom. The summed E-state index contributed by atoms with van der Waals surface area (Å²) in [7, 11) is -4.11. The summed E-state index contributed by atoms with van der Waals surface area (Å²) in [4.78, 5) is 2.63. The molecule has 0 aromatic heterocycles. The van der Waals surface area contributed by atoms with Crippen molar-refractivity contribution >= 4 is 32.6 Å². The Hall–Kier alpha value is -1.79. The molecule has 0 heterocycles. The minimum Gasteiger partial charge on any atom is -0.744 e. The van der Waals surface area contributed by atoms with Crippen molar-refractivity contribution in [2.45, 2.75) is 28.0 Å². The van der Waals surface area contributed by atoms with Crippen LogP contribution in [0.2, 0.25) is 0 Å². The largest absolute Gasteiger partial charge is 0.744 e. The van der Waals surface area contributed by atoms with Gasteiger partial charge >= 0.3 is 0 Å². The van der Waals surface area contributed by atoms with E-state index < -0.39 is 10.1 Å². The van der Waals surface area contributed by atoms with E-state index in [0.717, 1.165) is 23.6 Å². The van der Waals surface area contributed by atoms with Gasteiger partial charge in [0.15, 0.2) is 9.79 Å². The molecule has 0 saturated heterocycles. The highest BCUT2D eigenvalue weighted by molar-refractivity contribution is 7.97. The van der Waals surface area contributed by atoms with Crippen molar-refractivity contribution in [2.24, 2.45) is 0 Å². The Morgan fingerprint density at radius 3 is 1.68 bits per heavy atom. The molecule has 0 fully saturated rings. The fraction of sp³-hybridized carbons (Fsp3) is 0.182. The molecule has 0 aliphatic heterocycles. The van der Waals surface area contributed by atoms with Gasteiger partial charge in [0.1, 0.15) is 15.9 Å². The number of alkyl halides is 1. The van der Waals surface area contributed by atoms with E-state index in [9.17, 15) is 13.0 Å². The Kier molecular flexibility index (Phi) is 9.06. The fourth-order valence-corrected chi connectivity index (χ4v) is 5.35. The van der Waals surface area contributed by atoms with Gasteiger partial charge in [0.05, 0.1) is 15.8 Å². The van der Waals surface area contributed by atoms with Gasteiger partial charge in [-0.05, 0) is 43.3 Å². The molecule has 0 saturated carbocycles. The Bertz CT molecular complexity index is 889. The van der Waals surface area contributed by atoms with Crippen LogP contribution in [0, 0.1) is 6.92 Å². The lowest BCUT2D eigenvalue weighted by Gasteiger charge is -2.06. The van der Waals surface area contributed by atoms with E-state index in [2.05, 4.69) is 60.7 Å². The molecule has 3 nitrogen and oxygen atoms in total. The maximum absolute atomic E-state index is 10.4. The molecule has 3 aromatic rings. The average molecular weight is 435 g/mol. The summed E-state index contributed by atoms with van der Waals surface area (Å²) >= 11 is 5.82. The molecule has 6 heteroatoms. The van der Waals surface area contributed by atoms with E-state index in [-0.39, 0.29) is 15.8 Å². The standard InChI is InChI=1S/C15H16ClS.C7H8O3S/c16-12-7-13-17(14-8-3-1-4-9-14)15-10-5-2-6-11-15;1-6-2-4-7(5-3-6)11(8,9)10/h1-6,8-11H,7,12-13H2;2-5H,1H3,(H,8,9,10)/q+1;/p-1. The van der Waals surface area contributed by atoms with E-state index in [0.29, 0.717) is 0 Å². The van der Waals surface area contributed by atoms with Crippen molar-refractivity contribution in [2.75, 3.05) is 11.6 Å². The van der Waals surface area contributed by atoms with Crippen molar-refractivity contribution in [1.82, 2.24) is 0 Å². The SMILES string of the molecule is Cc1ccc(S(=O)(=O)[O-])cc1.ClCCC[S+](c1ccccc1)c1ccccc1. The topological polar surface area (TPSA) is 57.2 Å². The lowest BCUT2D eigenvalue weighted by atomic mass is 10.2. The zero-order valence-corrected chi connectivity index (χ0v) is 18.0. The van der Waals surface area contributed by atoms with Crippen LogP contribution in [-0.2, 0) is 21.0 Å². The molecule has 28 heavy (non-hydrogen) atoms. The first kappa shape index (κ1) is 22.5. The minimum atomic E-state index is -4.27. The van der Waals surface area contributed by atoms with Gasteiger partial charge < -0.3 is 4.55 Å². The summed E-state index contributed by atoms with van der Waals surface area (Å²) in [5, 5.41) is 0. The lowest BCUT2D eigenvalue weighted by Crippen LogP contribution is -2.09. The zero-order valence-electron chi connectivity index (χ0n) is 15.6. The van der Waals surface area contributed by atoms with E-state index in [4.69, 9.17) is 11.6 Å². The normalized spacial score (nSPS) is 11.0. The van der Waals surface area contributed by atoms with E-state index >= 15 is 0 Å². The van der Waals surface area contributed by atoms with Crippen LogP contribution >= 0.6 is 11.6 Å². The first-order valence-electron chi connectivity index (χ1n) is 8.81. The molecule has 0 atom stereocenters. The molecule has 0 N–H and O–H groups in total. The van der Waals surface area contributed by atoms with E-state index in [1.165, 1.54) is 21.9 Å². The first-order valence-corrected chi connectivity index (χ1v) is 12.1. The van der Waals surface area contributed by atoms with Gasteiger partial charge in [-0.1, -0.05) is 54.1 Å². The van der Waals surface area contributed by atoms with Crippen LogP contribution in [0.1, 0.15) is 12.0 Å². The van der Waals surface area contributed by atoms with Gasteiger partial charge in [0.2, 0.25) is 0 Å². The van der Waals surface area contributed by atoms with Crippen molar-refractivity contribution in [3.8, 4) is 0 Å². The molecule has 3 aromatic carbocycles. The van der Waals surface area contributed by atoms with Crippen LogP contribution in [0.3, 0.4) is 0 Å². The van der Waals surface area contributed by atoms with Crippen molar-refractivity contribution < 1.29 is 13.0 Å². The molecular weight excluding hydrogens is 412 g/mol. The summed E-state index contributed by atoms with van der Waals surface area (Å²) in [6.45, 7) is 1.82. The number of aryl methyl sites for hydroxylation is 1. The van der Waals surface area contributed by atoms with E-state index in [1.54, 1.807) is 12.1 Å². The molecule has 0 unspecified atom stereocenters. The molecule has 0 radical (unpaired) electrons. The van der Waals surface area contributed by atoms with Crippen LogP contribution < -0.4 is 0 Å². The number of rotatable bonds is 6. The van der Waals surface area contributed by atoms with Gasteiger partial charge in [0, 0.05) is 12.3 Å². The quantitative estimate of drug-likeness (QED) is 0.302. The van der Waals surface area contributed by atoms with Crippen LogP contribution in [0.5, 0.6) is 0 Å². The number of halogens is 1. The third-order valence-corrected chi connectivity index (χ3v) is 7.34. The minimum absolute atomic E-state index is 0.164. The smallest absolute Gasteiger partial charge is 0.160 e. The third kappa shape index (κ3) is 7.32. The summed E-state index contributed by atoms with van der Waals surface area (Å²) in [5.74, 6) is 1.88. The van der Waals surface area contributed by atoms with Crippen LogP contribution in [0.25, 0.3) is 0 Å². The van der Waals surface area contributed by atoms with Gasteiger partial charge in [-0.3, -0.25) is 0 Å². The van der Waals surface area contributed by atoms with E-state index in [1.807, 2.05) is 6.92 Å². The second-order valence-electron chi connectivity index (χ2n) is 6.03. The molecule has 0 aliphatic rings. The highest BCUT2D eigenvalue weighted by Crippen LogP contribution is 2.24. The summed E-state index contributed by atoms with van der Waals surface area (Å²) in [6, 6.07) is 27.2. The zero-order chi connectivity index (χ0) is 20.4. The number of benzene rings is 3. The predicted octanol–water partition coefficient (Wildman–Crippen LogP) is 5.25. The second kappa shape index (κ2) is 11.3. The van der Waals surface area contributed by atoms with Gasteiger partial charge in [-0.25, -0.2) is 8.42 Å². The Morgan fingerprint density at radius 1 is 0.821 bits per heavy atom. The number of hydrogen-bond donors (Lipinski definition) is 0. The second-order valence-corrected chi connectivity index (χ2v) is 9.92. The maximum atomic E-state index is 10.4. The van der Waals surface area contributed by atoms with Crippen LogP contribution in [-0.4, -0.2) is 24.6 Å². The molecular formula is C22H23ClO3S2. The van der Waals surface area contributed by atoms with Crippen LogP contribution in [0.4, 0.5) is 0 Å². The summed E-state index contributed by atoms with van der Waals surface area (Å²) < 4.78 is 31.2. The van der Waals surface area contributed by atoms with Crippen molar-refractivity contribution in [3.63, 3.8) is 0 Å². The van der Waals surface area contributed by atoms with Gasteiger partial charge in [-0.15, -0.1) is 11.6 Å². The lowest BCUT2D eigenvalue weighted by molar-refractivity contribution is 0.463. The monoisotopic (exact) mass is 434 g/mol. The van der Waals surface area contributed by atoms with Crippen molar-refractivity contribution in [1.29, 1.82) is 0 Å². The Balaban J connectivity index is 0.000000221. The summed E-state index contributed by atoms with van der Waals surface area (Å²) in [5.41, 5.74) is 0.928. The first-order chi connectivity index (χ1) is 13.4. The highest BCUT2D eigenvalue weighted by atomic mass is 35.5. The highest BCUT2D eigenvalue weighted by Gasteiger charge is 2.23. The number of hydrogen-bond acceptors (Lipinski definition) is 3. The van der Waals surface area contributed by atoms with Crippen LogP contribution in [0.15, 0.2) is 99.6 Å². The molecule has 0 aliphatic carbocycles. The molecule has 0 spiro atoms. The predicted molar refractivity (Wildman–Crippen MR) is 116 cm³/mol. The Labute approximate surface area is 175 Å². The molecule has 0 bridgehead atoms. The maximum Gasteiger partial charge on any atom is 0.160 e. The fourth-order valence-electron chi connectivity index (χ4n) is 2.45. The molecule has 3 rings (SSSR count). The molecule has 148 valence electrons. The third-order valence-electron chi connectivity index (χ3n) is 3.85. The van der Waals surface area contributed by atoms with Gasteiger partial charge in [-0.2, -0.15) is 0 Å². The molecule has 0 amide bonds. The average Bonchev–Trinajstić information content (AvgIpc) is 2.70. The van der Waals surface area contributed by atoms with Crippen molar-refractivity contribution in [3.05, 3.63) is 90.5 Å². The summed E-state index contributed by atoms with van der Waals surface area (Å²) in [6.07, 6.45) is 1.06.